The van der Waals surface area contributed by atoms with Gasteiger partial charge in [0.1, 0.15) is 11.8 Å². The molecule has 1 amide bonds. The molecule has 0 saturated carbocycles. The van der Waals surface area contributed by atoms with E-state index in [-0.39, 0.29) is 30.9 Å². The van der Waals surface area contributed by atoms with E-state index in [1.807, 2.05) is 37.3 Å². The maximum Gasteiger partial charge on any atom is 0.305 e. The molecule has 2 aromatic carbocycles. The average molecular weight is 521 g/mol. The molecule has 3 N–H and O–H groups in total. The summed E-state index contributed by atoms with van der Waals surface area (Å²) < 4.78 is 12.1. The summed E-state index contributed by atoms with van der Waals surface area (Å²) in [6.07, 6.45) is 3.21. The molecule has 1 aromatic heterocycles. The van der Waals surface area contributed by atoms with E-state index in [1.165, 1.54) is 10.8 Å². The van der Waals surface area contributed by atoms with Crippen molar-refractivity contribution in [3.8, 4) is 17.2 Å². The molecule has 0 fully saturated rings. The number of ether oxygens (including phenoxy) is 2. The monoisotopic (exact) mass is 520 g/mol. The van der Waals surface area contributed by atoms with Gasteiger partial charge in [0.15, 0.2) is 11.5 Å². The topological polar surface area (TPSA) is 127 Å². The molecular weight excluding hydrogens is 488 g/mol. The highest BCUT2D eigenvalue weighted by molar-refractivity contribution is 5.81. The lowest BCUT2D eigenvalue weighted by Crippen LogP contribution is -2.40. The van der Waals surface area contributed by atoms with Gasteiger partial charge >= 0.3 is 5.97 Å². The molecule has 0 aliphatic carbocycles. The highest BCUT2D eigenvalue weighted by Gasteiger charge is 2.28. The Morgan fingerprint density at radius 3 is 2.55 bits per heavy atom. The minimum Gasteiger partial charge on any atom is -0.507 e. The Hall–Kier alpha value is -4.27. The number of aromatic hydroxyl groups is 1. The van der Waals surface area contributed by atoms with E-state index in [0.717, 1.165) is 12.0 Å². The Kier molecular flexibility index (Phi) is 8.35. The van der Waals surface area contributed by atoms with Crippen molar-refractivity contribution in [3.05, 3.63) is 87.3 Å². The van der Waals surface area contributed by atoms with E-state index in [4.69, 9.17) is 9.47 Å². The highest BCUT2D eigenvalue weighted by atomic mass is 16.7. The number of nitrogens with zero attached hydrogens (tertiary/aromatic N) is 1. The van der Waals surface area contributed by atoms with Crippen molar-refractivity contribution in [1.82, 2.24) is 9.88 Å². The molecule has 0 bridgehead atoms. The fourth-order valence-corrected chi connectivity index (χ4v) is 4.63. The number of hydrogen-bond donors (Lipinski definition) is 3. The van der Waals surface area contributed by atoms with Gasteiger partial charge in [0, 0.05) is 18.2 Å². The number of hydrogen-bond acceptors (Lipinski definition) is 6. The number of amides is 1. The Bertz CT molecular complexity index is 1370. The lowest BCUT2D eigenvalue weighted by atomic mass is 10.0. The zero-order chi connectivity index (χ0) is 27.2. The van der Waals surface area contributed by atoms with Crippen LogP contribution in [0.3, 0.4) is 0 Å². The molecule has 2 heterocycles. The van der Waals surface area contributed by atoms with Crippen LogP contribution in [-0.2, 0) is 16.0 Å². The Balaban J connectivity index is 1.68. The molecule has 200 valence electrons. The first-order valence-electron chi connectivity index (χ1n) is 12.7. The van der Waals surface area contributed by atoms with Crippen molar-refractivity contribution >= 4 is 11.9 Å². The predicted octanol–water partition coefficient (Wildman–Crippen LogP) is 4.25. The predicted molar refractivity (Wildman–Crippen MR) is 141 cm³/mol. The molecule has 3 aromatic rings. The van der Waals surface area contributed by atoms with Crippen LogP contribution in [0.25, 0.3) is 0 Å². The van der Waals surface area contributed by atoms with Crippen LogP contribution < -0.4 is 20.3 Å². The zero-order valence-electron chi connectivity index (χ0n) is 21.5. The van der Waals surface area contributed by atoms with Gasteiger partial charge in [-0.25, -0.2) is 0 Å². The van der Waals surface area contributed by atoms with Gasteiger partial charge in [0.2, 0.25) is 12.7 Å². The largest absolute Gasteiger partial charge is 0.507 e. The molecule has 0 unspecified atom stereocenters. The van der Waals surface area contributed by atoms with Gasteiger partial charge in [-0.2, -0.15) is 0 Å². The molecule has 0 radical (unpaired) electrons. The third kappa shape index (κ3) is 5.99. The van der Waals surface area contributed by atoms with Crippen LogP contribution in [0.5, 0.6) is 17.2 Å². The number of carboxylic acid groups (broad SMARTS) is 1. The normalized spacial score (nSPS) is 13.6. The number of pyridine rings is 1. The Labute approximate surface area is 220 Å². The van der Waals surface area contributed by atoms with Crippen molar-refractivity contribution in [1.29, 1.82) is 0 Å². The number of unbranched alkanes of at least 4 members (excludes halogenated alkanes) is 1. The van der Waals surface area contributed by atoms with Crippen molar-refractivity contribution < 1.29 is 29.3 Å². The van der Waals surface area contributed by atoms with E-state index in [9.17, 15) is 24.6 Å². The van der Waals surface area contributed by atoms with Gasteiger partial charge in [0.05, 0.1) is 18.0 Å². The summed E-state index contributed by atoms with van der Waals surface area (Å²) in [4.78, 5) is 39.0. The second kappa shape index (κ2) is 11.9. The molecule has 9 heteroatoms. The number of nitrogens with one attached hydrogen (secondary N) is 1. The Morgan fingerprint density at radius 2 is 1.84 bits per heavy atom. The SMILES string of the molecule is CCCC[C@@H](C(=O)N[C@@H](CC(=O)O)c1ccc2c(c1)OCO2)n1cc(C)c(O)c(Cc2ccccc2)c1=O. The zero-order valence-corrected chi connectivity index (χ0v) is 21.5. The molecule has 0 spiro atoms. The van der Waals surface area contributed by atoms with Crippen LogP contribution in [0.1, 0.15) is 66.9 Å². The molecule has 1 aliphatic rings. The number of aliphatic carboxylic acids is 1. The fraction of sp³-hybridized carbons (Fsp3) is 0.345. The first kappa shape index (κ1) is 26.8. The minimum atomic E-state index is -1.08. The molecule has 1 aliphatic heterocycles. The average Bonchev–Trinajstić information content (AvgIpc) is 3.37. The van der Waals surface area contributed by atoms with Gasteiger partial charge in [-0.15, -0.1) is 0 Å². The number of carboxylic acids is 1. The smallest absolute Gasteiger partial charge is 0.305 e. The summed E-state index contributed by atoms with van der Waals surface area (Å²) >= 11 is 0. The Morgan fingerprint density at radius 1 is 1.11 bits per heavy atom. The van der Waals surface area contributed by atoms with Crippen LogP contribution in [0.2, 0.25) is 0 Å². The van der Waals surface area contributed by atoms with Gasteiger partial charge < -0.3 is 29.6 Å². The van der Waals surface area contributed by atoms with E-state index < -0.39 is 29.5 Å². The number of carbonyl (C=O) groups excluding carboxylic acids is 1. The van der Waals surface area contributed by atoms with Gasteiger partial charge in [-0.3, -0.25) is 14.4 Å². The molecule has 38 heavy (non-hydrogen) atoms. The fourth-order valence-electron chi connectivity index (χ4n) is 4.63. The molecular formula is C29H32N2O7. The van der Waals surface area contributed by atoms with Gasteiger partial charge in [0.25, 0.3) is 5.56 Å². The summed E-state index contributed by atoms with van der Waals surface area (Å²) in [5.41, 5.74) is 1.64. The van der Waals surface area contributed by atoms with E-state index >= 15 is 0 Å². The van der Waals surface area contributed by atoms with E-state index in [2.05, 4.69) is 5.32 Å². The number of rotatable bonds is 11. The lowest BCUT2D eigenvalue weighted by molar-refractivity contribution is -0.138. The first-order chi connectivity index (χ1) is 18.3. The van der Waals surface area contributed by atoms with Gasteiger partial charge in [-0.1, -0.05) is 56.2 Å². The molecule has 9 nitrogen and oxygen atoms in total. The number of aromatic nitrogens is 1. The number of carbonyl (C=O) groups is 2. The maximum absolute atomic E-state index is 13.7. The summed E-state index contributed by atoms with van der Waals surface area (Å²) in [6, 6.07) is 12.6. The second-order valence-electron chi connectivity index (χ2n) is 9.44. The summed E-state index contributed by atoms with van der Waals surface area (Å²) in [7, 11) is 0. The lowest BCUT2D eigenvalue weighted by Gasteiger charge is -2.25. The molecule has 4 rings (SSSR count). The third-order valence-electron chi connectivity index (χ3n) is 6.67. The van der Waals surface area contributed by atoms with E-state index in [0.29, 0.717) is 35.5 Å². The number of aryl methyl sites for hydroxylation is 1. The molecule has 2 atom stereocenters. The third-order valence-corrected chi connectivity index (χ3v) is 6.67. The van der Waals surface area contributed by atoms with Crippen LogP contribution in [-0.4, -0.2) is 33.4 Å². The summed E-state index contributed by atoms with van der Waals surface area (Å²) in [5.74, 6) is -0.618. The summed E-state index contributed by atoms with van der Waals surface area (Å²) in [5, 5.41) is 23.1. The van der Waals surface area contributed by atoms with Crippen LogP contribution in [0.4, 0.5) is 0 Å². The number of fused-ring (bicyclic) bond motifs is 1. The van der Waals surface area contributed by atoms with Gasteiger partial charge in [-0.05, 0) is 36.6 Å². The second-order valence-corrected chi connectivity index (χ2v) is 9.44. The quantitative estimate of drug-likeness (QED) is 0.345. The van der Waals surface area contributed by atoms with Crippen LogP contribution in [0, 0.1) is 6.92 Å². The van der Waals surface area contributed by atoms with Crippen LogP contribution >= 0.6 is 0 Å². The van der Waals surface area contributed by atoms with E-state index in [1.54, 1.807) is 25.1 Å². The van der Waals surface area contributed by atoms with Crippen molar-refractivity contribution in [2.24, 2.45) is 0 Å². The van der Waals surface area contributed by atoms with Crippen molar-refractivity contribution in [2.45, 2.75) is 58.0 Å². The number of benzene rings is 2. The standard InChI is InChI=1S/C29H32N2O7/c1-3-4-10-23(31-16-18(2)27(34)21(29(31)36)13-19-8-6-5-7-9-19)28(35)30-22(15-26(32)33)20-11-12-24-25(14-20)38-17-37-24/h5-9,11-12,14,16,22-23,34H,3-4,10,13,15,17H2,1-2H3,(H,30,35)(H,32,33)/t22-,23-/m0/s1. The van der Waals surface area contributed by atoms with Crippen molar-refractivity contribution in [2.75, 3.05) is 6.79 Å². The summed E-state index contributed by atoms with van der Waals surface area (Å²) in [6.45, 7) is 3.75. The minimum absolute atomic E-state index is 0.0717. The molecule has 0 saturated heterocycles. The van der Waals surface area contributed by atoms with Crippen molar-refractivity contribution in [3.63, 3.8) is 0 Å². The highest BCUT2D eigenvalue weighted by Crippen LogP contribution is 2.35. The first-order valence-corrected chi connectivity index (χ1v) is 12.7. The van der Waals surface area contributed by atoms with Crippen LogP contribution in [0.15, 0.2) is 59.5 Å². The maximum atomic E-state index is 13.7.